The lowest BCUT2D eigenvalue weighted by molar-refractivity contribution is -0.138. The Morgan fingerprint density at radius 2 is 0.979 bits per heavy atom. The number of ketones is 2. The number of rotatable bonds is 21. The van der Waals surface area contributed by atoms with E-state index in [0.717, 1.165) is 24.2 Å². The lowest BCUT2D eigenvalue weighted by Crippen LogP contribution is -2.35. The third-order valence-corrected chi connectivity index (χ3v) is 5.87. The summed E-state index contributed by atoms with van der Waals surface area (Å²) in [6.45, 7) is 11.5. The van der Waals surface area contributed by atoms with Crippen molar-refractivity contribution in [1.29, 1.82) is 0 Å². The van der Waals surface area contributed by atoms with E-state index in [-0.39, 0.29) is 42.6 Å². The lowest BCUT2D eigenvalue weighted by Gasteiger charge is -2.13. The Kier molecular flexibility index (Phi) is 24.3. The first-order valence-electron chi connectivity index (χ1n) is 14.8. The van der Waals surface area contributed by atoms with Crippen LogP contribution in [0.1, 0.15) is 27.7 Å². The molecule has 17 nitrogen and oxygen atoms in total. The number of amides is 5. The predicted octanol–water partition coefficient (Wildman–Crippen LogP) is -0.411. The molecule has 2 N–H and O–H groups in total. The SMILES string of the molecule is CC(=O)[C@H](C)OCCOCCOCCN.CC(=O)[C@H](C)OCCOCCOCCN1C(=O)C=CC1=O.COC(=O)N1C(=O)C=CC1=O. The molecule has 0 aromatic rings. The van der Waals surface area contributed by atoms with Gasteiger partial charge in [0.05, 0.1) is 79.7 Å². The molecule has 0 unspecified atom stereocenters. The minimum absolute atomic E-state index is 0.0150. The Balaban J connectivity index is 0.000000713. The van der Waals surface area contributed by atoms with Gasteiger partial charge in [-0.1, -0.05) is 0 Å². The number of hydrogen-bond acceptors (Lipinski definition) is 15. The molecule has 2 atom stereocenters. The van der Waals surface area contributed by atoms with Crippen LogP contribution in [0, 0.1) is 0 Å². The van der Waals surface area contributed by atoms with Crippen LogP contribution in [0.2, 0.25) is 0 Å². The van der Waals surface area contributed by atoms with Gasteiger partial charge in [-0.2, -0.15) is 4.90 Å². The van der Waals surface area contributed by atoms with Crippen molar-refractivity contribution >= 4 is 41.3 Å². The highest BCUT2D eigenvalue weighted by molar-refractivity contribution is 6.21. The molecule has 2 aliphatic heterocycles. The van der Waals surface area contributed by atoms with E-state index >= 15 is 0 Å². The van der Waals surface area contributed by atoms with Gasteiger partial charge in [0.1, 0.15) is 12.2 Å². The number of hydrogen-bond donors (Lipinski definition) is 1. The van der Waals surface area contributed by atoms with Crippen LogP contribution in [0.4, 0.5) is 4.79 Å². The van der Waals surface area contributed by atoms with Gasteiger partial charge < -0.3 is 38.9 Å². The highest BCUT2D eigenvalue weighted by Gasteiger charge is 2.30. The molecule has 2 aliphatic rings. The average Bonchev–Trinajstić information content (AvgIpc) is 3.55. The van der Waals surface area contributed by atoms with Crippen molar-refractivity contribution in [3.8, 4) is 0 Å². The number of ether oxygens (including phenoxy) is 7. The van der Waals surface area contributed by atoms with Gasteiger partial charge in [0, 0.05) is 30.8 Å². The van der Waals surface area contributed by atoms with Gasteiger partial charge in [0.2, 0.25) is 0 Å². The minimum Gasteiger partial charge on any atom is -0.452 e. The second kappa shape index (κ2) is 26.4. The fourth-order valence-corrected chi connectivity index (χ4v) is 3.01. The maximum atomic E-state index is 11.2. The molecule has 0 aliphatic carbocycles. The van der Waals surface area contributed by atoms with Gasteiger partial charge in [-0.15, -0.1) is 0 Å². The first-order valence-corrected chi connectivity index (χ1v) is 14.8. The predicted molar refractivity (Wildman–Crippen MR) is 164 cm³/mol. The molecule has 0 saturated heterocycles. The quantitative estimate of drug-likeness (QED) is 0.121. The van der Waals surface area contributed by atoms with Crippen LogP contribution in [0.25, 0.3) is 0 Å². The van der Waals surface area contributed by atoms with E-state index in [4.69, 9.17) is 34.2 Å². The number of methoxy groups -OCH3 is 1. The zero-order valence-corrected chi connectivity index (χ0v) is 27.6. The smallest absolute Gasteiger partial charge is 0.423 e. The van der Waals surface area contributed by atoms with Crippen molar-refractivity contribution in [3.05, 3.63) is 24.3 Å². The molecule has 0 bridgehead atoms. The maximum absolute atomic E-state index is 11.2. The van der Waals surface area contributed by atoms with Crippen LogP contribution in [0.5, 0.6) is 0 Å². The van der Waals surface area contributed by atoms with Crippen LogP contribution in [-0.4, -0.2) is 150 Å². The summed E-state index contributed by atoms with van der Waals surface area (Å²) >= 11 is 0. The van der Waals surface area contributed by atoms with Crippen LogP contribution < -0.4 is 5.73 Å². The zero-order chi connectivity index (χ0) is 35.6. The van der Waals surface area contributed by atoms with E-state index in [0.29, 0.717) is 70.9 Å². The highest BCUT2D eigenvalue weighted by atomic mass is 16.6. The molecule has 2 heterocycles. The van der Waals surface area contributed by atoms with E-state index < -0.39 is 24.0 Å². The normalized spacial score (nSPS) is 14.9. The molecule has 17 heteroatoms. The third kappa shape index (κ3) is 20.2. The molecule has 47 heavy (non-hydrogen) atoms. The van der Waals surface area contributed by atoms with Gasteiger partial charge >= 0.3 is 6.09 Å². The number of nitrogens with two attached hydrogens (primary N) is 1. The fraction of sp³-hybridized carbons (Fsp3) is 0.633. The molecular formula is C30H47N3O14. The van der Waals surface area contributed by atoms with E-state index in [2.05, 4.69) is 4.74 Å². The summed E-state index contributed by atoms with van der Waals surface area (Å²) in [6.07, 6.45) is 2.81. The van der Waals surface area contributed by atoms with Crippen LogP contribution in [-0.2, 0) is 61.9 Å². The van der Waals surface area contributed by atoms with E-state index in [1.54, 1.807) is 13.8 Å². The summed E-state index contributed by atoms with van der Waals surface area (Å²) in [6, 6.07) is 0. The summed E-state index contributed by atoms with van der Waals surface area (Å²) in [5, 5.41) is 0. The Hall–Kier alpha value is -3.71. The number of carbonyl (C=O) groups is 7. The largest absolute Gasteiger partial charge is 0.452 e. The molecule has 0 radical (unpaired) electrons. The first kappa shape index (κ1) is 43.3. The molecular weight excluding hydrogens is 626 g/mol. The molecule has 0 fully saturated rings. The van der Waals surface area contributed by atoms with Crippen molar-refractivity contribution in [2.24, 2.45) is 5.73 Å². The summed E-state index contributed by atoms with van der Waals surface area (Å²) in [5.74, 6) is -1.93. The van der Waals surface area contributed by atoms with Crippen LogP contribution in [0.3, 0.4) is 0 Å². The number of carbonyl (C=O) groups excluding carboxylic acids is 7. The van der Waals surface area contributed by atoms with Gasteiger partial charge in [0.15, 0.2) is 11.6 Å². The Morgan fingerprint density at radius 3 is 1.36 bits per heavy atom. The van der Waals surface area contributed by atoms with Gasteiger partial charge in [-0.3, -0.25) is 33.7 Å². The molecule has 5 amide bonds. The summed E-state index contributed by atoms with van der Waals surface area (Å²) in [7, 11) is 1.10. The summed E-state index contributed by atoms with van der Waals surface area (Å²) in [5.41, 5.74) is 5.23. The summed E-state index contributed by atoms with van der Waals surface area (Å²) < 4.78 is 35.4. The fourth-order valence-electron chi connectivity index (χ4n) is 3.01. The molecule has 0 saturated carbocycles. The second-order valence-electron chi connectivity index (χ2n) is 9.46. The van der Waals surface area contributed by atoms with Crippen molar-refractivity contribution in [2.75, 3.05) is 86.3 Å². The standard InChI is InChI=1S/C14H21NO6.C10H21NO4.C6H5NO4/c1-11(16)12(2)21-10-9-20-8-7-19-6-5-15-13(17)3-4-14(15)18;1-9(12)10(2)15-8-7-14-6-5-13-4-3-11;1-11-6(10)7-4(8)2-3-5(7)9/h3-4,12H,5-10H2,1-2H3;10H,3-8,11H2,1-2H3;2-3H,1H3/t12-;10-;/m00./s1. The Bertz CT molecular complexity index is 1040. The maximum Gasteiger partial charge on any atom is 0.423 e. The zero-order valence-electron chi connectivity index (χ0n) is 27.6. The van der Waals surface area contributed by atoms with Crippen molar-refractivity contribution in [1.82, 2.24) is 9.80 Å². The first-order chi connectivity index (χ1) is 22.4. The van der Waals surface area contributed by atoms with Crippen LogP contribution >= 0.6 is 0 Å². The van der Waals surface area contributed by atoms with Crippen molar-refractivity contribution in [2.45, 2.75) is 39.9 Å². The lowest BCUT2D eigenvalue weighted by atomic mass is 10.3. The number of Topliss-reactive ketones (excluding diaryl/α,β-unsaturated/α-hetero) is 2. The Morgan fingerprint density at radius 1 is 0.617 bits per heavy atom. The summed E-state index contributed by atoms with van der Waals surface area (Å²) in [4.78, 5) is 77.7. The van der Waals surface area contributed by atoms with E-state index in [1.807, 2.05) is 0 Å². The van der Waals surface area contributed by atoms with E-state index in [1.165, 1.54) is 26.0 Å². The van der Waals surface area contributed by atoms with Gasteiger partial charge in [-0.05, 0) is 27.7 Å². The second-order valence-corrected chi connectivity index (χ2v) is 9.46. The molecule has 0 spiro atoms. The highest BCUT2D eigenvalue weighted by Crippen LogP contribution is 2.04. The van der Waals surface area contributed by atoms with Crippen molar-refractivity contribution < 1.29 is 66.7 Å². The van der Waals surface area contributed by atoms with Gasteiger partial charge in [0.25, 0.3) is 23.6 Å². The Labute approximate surface area is 274 Å². The topological polar surface area (TPSA) is 217 Å². The third-order valence-electron chi connectivity index (χ3n) is 5.87. The number of imide groups is 4. The van der Waals surface area contributed by atoms with Crippen molar-refractivity contribution in [3.63, 3.8) is 0 Å². The molecule has 2 rings (SSSR count). The molecule has 0 aromatic carbocycles. The minimum atomic E-state index is -0.954. The van der Waals surface area contributed by atoms with Crippen LogP contribution in [0.15, 0.2) is 24.3 Å². The molecule has 266 valence electrons. The average molecular weight is 674 g/mol. The monoisotopic (exact) mass is 673 g/mol. The van der Waals surface area contributed by atoms with E-state index in [9.17, 15) is 33.6 Å². The number of nitrogens with zero attached hydrogens (tertiary/aromatic N) is 2. The molecule has 0 aromatic heterocycles. The van der Waals surface area contributed by atoms with Gasteiger partial charge in [-0.25, -0.2) is 4.79 Å².